The first-order chi connectivity index (χ1) is 26.6. The summed E-state index contributed by atoms with van der Waals surface area (Å²) in [5.41, 5.74) is 2.24. The number of benzene rings is 2. The van der Waals surface area contributed by atoms with Crippen molar-refractivity contribution in [1.82, 2.24) is 20.5 Å². The summed E-state index contributed by atoms with van der Waals surface area (Å²) in [6.45, 7) is 1.92. The standard InChI is InChI=1S/C42H53N4O8P/c1-3-22-55(50,51)42-26-29(42)16-10-5-4-6-11-19-34(44-41(49)54-30-17-12-13-18-30)40(48)46-27-32(24-37(46)39(47)45-42)53-38-25-35(28-14-8-7-9-15-28)43-36-23-31(52-2)20-21-33(36)38/h7-10,14-16,20-21,23,25,29-30,32,34,37H,3-6,11-13,17-19,22,24,26-27H2,1-2H3,(H,44,49)(H,45,47)(H,50,51)/b16-10-/t29-,32?,34+,37+,42+/m1/s1. The molecule has 0 bridgehead atoms. The molecule has 0 spiro atoms. The molecule has 1 saturated heterocycles. The summed E-state index contributed by atoms with van der Waals surface area (Å²) in [5.74, 6) is -0.00987. The lowest BCUT2D eigenvalue weighted by atomic mass is 10.0. The fourth-order valence-electron chi connectivity index (χ4n) is 8.49. The third kappa shape index (κ3) is 8.55. The van der Waals surface area contributed by atoms with Crippen molar-refractivity contribution in [2.24, 2.45) is 5.92 Å². The van der Waals surface area contributed by atoms with Crippen LogP contribution in [0.2, 0.25) is 0 Å². The first kappa shape index (κ1) is 38.8. The normalized spacial score (nSPS) is 27.8. The van der Waals surface area contributed by atoms with Crippen LogP contribution in [0.3, 0.4) is 0 Å². The van der Waals surface area contributed by atoms with E-state index in [0.717, 1.165) is 55.9 Å². The zero-order valence-electron chi connectivity index (χ0n) is 31.8. The Morgan fingerprint density at radius 2 is 1.82 bits per heavy atom. The summed E-state index contributed by atoms with van der Waals surface area (Å²) in [6.07, 6.45) is 10.7. The molecule has 294 valence electrons. The van der Waals surface area contributed by atoms with E-state index in [-0.39, 0.29) is 31.1 Å². The summed E-state index contributed by atoms with van der Waals surface area (Å²) in [4.78, 5) is 60.1. The van der Waals surface area contributed by atoms with E-state index in [1.807, 2.05) is 73.7 Å². The fourth-order valence-corrected chi connectivity index (χ4v) is 10.9. The van der Waals surface area contributed by atoms with Crippen LogP contribution in [0.15, 0.2) is 66.7 Å². The number of allylic oxidation sites excluding steroid dienone is 1. The molecule has 0 radical (unpaired) electrons. The number of hydrogen-bond acceptors (Lipinski definition) is 8. The van der Waals surface area contributed by atoms with Crippen molar-refractivity contribution >= 4 is 36.2 Å². The Labute approximate surface area is 322 Å². The lowest BCUT2D eigenvalue weighted by molar-refractivity contribution is -0.140. The summed E-state index contributed by atoms with van der Waals surface area (Å²) in [7, 11) is -2.22. The van der Waals surface area contributed by atoms with Crippen LogP contribution in [0.25, 0.3) is 22.2 Å². The Balaban J connectivity index is 1.22. The lowest BCUT2D eigenvalue weighted by Gasteiger charge is -2.31. The molecular formula is C42H53N4O8P. The molecule has 4 aliphatic rings. The van der Waals surface area contributed by atoms with Crippen molar-refractivity contribution in [3.63, 3.8) is 0 Å². The smallest absolute Gasteiger partial charge is 0.408 e. The number of fused-ring (bicyclic) bond motifs is 3. The van der Waals surface area contributed by atoms with Gasteiger partial charge in [0.05, 0.1) is 24.9 Å². The summed E-state index contributed by atoms with van der Waals surface area (Å²) in [6, 6.07) is 15.2. The third-order valence-corrected chi connectivity index (χ3v) is 14.5. The molecule has 12 nitrogen and oxygen atoms in total. The van der Waals surface area contributed by atoms with Crippen LogP contribution in [0.5, 0.6) is 11.5 Å². The number of aromatic nitrogens is 1. The molecule has 2 aliphatic carbocycles. The maximum absolute atomic E-state index is 14.7. The molecule has 3 amide bonds. The molecule has 2 aromatic carbocycles. The molecular weight excluding hydrogens is 719 g/mol. The molecule has 7 rings (SSSR count). The minimum Gasteiger partial charge on any atom is -0.497 e. The van der Waals surface area contributed by atoms with Crippen LogP contribution in [0.4, 0.5) is 4.79 Å². The number of pyridine rings is 1. The molecule has 2 aliphatic heterocycles. The second-order valence-corrected chi connectivity index (χ2v) is 18.1. The number of amides is 3. The summed E-state index contributed by atoms with van der Waals surface area (Å²) in [5, 5.41) is 5.33. The molecule has 2 unspecified atom stereocenters. The minimum atomic E-state index is -3.82. The molecule has 55 heavy (non-hydrogen) atoms. The van der Waals surface area contributed by atoms with E-state index in [1.54, 1.807) is 7.11 Å². The molecule has 3 fully saturated rings. The van der Waals surface area contributed by atoms with Gasteiger partial charge < -0.3 is 34.6 Å². The van der Waals surface area contributed by atoms with Gasteiger partial charge in [-0.15, -0.1) is 0 Å². The molecule has 1 aromatic heterocycles. The first-order valence-electron chi connectivity index (χ1n) is 19.9. The maximum atomic E-state index is 14.7. The number of hydrogen-bond donors (Lipinski definition) is 3. The van der Waals surface area contributed by atoms with Crippen molar-refractivity contribution in [1.29, 1.82) is 0 Å². The second-order valence-electron chi connectivity index (χ2n) is 15.5. The van der Waals surface area contributed by atoms with E-state index < -0.39 is 48.7 Å². The SMILES string of the molecule is CCCP(=O)(O)[C@@]12C[C@H]1/C=C\CCCCC[C@H](NC(=O)OC1CCCC1)C(=O)N1CC(Oc3cc(-c4ccccc4)nc4cc(OC)ccc34)C[C@H]1C(=O)N2. The van der Waals surface area contributed by atoms with Crippen LogP contribution in [0.1, 0.15) is 84.0 Å². The van der Waals surface area contributed by atoms with Crippen molar-refractivity contribution in [2.45, 2.75) is 114 Å². The monoisotopic (exact) mass is 772 g/mol. The number of nitrogens with zero attached hydrogens (tertiary/aromatic N) is 2. The second kappa shape index (κ2) is 16.8. The maximum Gasteiger partial charge on any atom is 0.408 e. The number of alkyl carbamates (subject to hydrolysis) is 1. The molecule has 13 heteroatoms. The topological polar surface area (TPSA) is 156 Å². The van der Waals surface area contributed by atoms with Crippen molar-refractivity contribution < 1.29 is 38.1 Å². The molecule has 3 N–H and O–H groups in total. The third-order valence-electron chi connectivity index (χ3n) is 11.6. The van der Waals surface area contributed by atoms with Crippen LogP contribution < -0.4 is 20.1 Å². The van der Waals surface area contributed by atoms with E-state index in [1.165, 1.54) is 4.90 Å². The lowest BCUT2D eigenvalue weighted by Crippen LogP contribution is -2.55. The quantitative estimate of drug-likeness (QED) is 0.150. The highest BCUT2D eigenvalue weighted by atomic mass is 31.2. The van der Waals surface area contributed by atoms with Gasteiger partial charge in [-0.2, -0.15) is 0 Å². The Kier molecular flexibility index (Phi) is 11.8. The van der Waals surface area contributed by atoms with Gasteiger partial charge in [0.2, 0.25) is 19.2 Å². The predicted molar refractivity (Wildman–Crippen MR) is 210 cm³/mol. The van der Waals surface area contributed by atoms with Crippen LogP contribution in [-0.4, -0.2) is 82.1 Å². The van der Waals surface area contributed by atoms with Crippen molar-refractivity contribution in [3.05, 3.63) is 66.7 Å². The number of carbonyl (C=O) groups excluding carboxylic acids is 3. The minimum absolute atomic E-state index is 0.0650. The number of methoxy groups -OCH3 is 1. The molecule has 6 atom stereocenters. The van der Waals surface area contributed by atoms with Gasteiger partial charge in [0, 0.05) is 41.6 Å². The average Bonchev–Trinajstić information content (AvgIpc) is 3.45. The Morgan fingerprint density at radius 1 is 1.04 bits per heavy atom. The Morgan fingerprint density at radius 3 is 2.58 bits per heavy atom. The number of carbonyl (C=O) groups is 3. The van der Waals surface area contributed by atoms with Crippen molar-refractivity contribution in [2.75, 3.05) is 19.8 Å². The van der Waals surface area contributed by atoms with Gasteiger partial charge in [-0.05, 0) is 69.9 Å². The molecule has 2 saturated carbocycles. The van der Waals surface area contributed by atoms with E-state index in [0.29, 0.717) is 48.4 Å². The summed E-state index contributed by atoms with van der Waals surface area (Å²) < 4.78 is 31.9. The van der Waals surface area contributed by atoms with Gasteiger partial charge in [0.1, 0.15) is 41.1 Å². The van der Waals surface area contributed by atoms with Gasteiger partial charge in [-0.1, -0.05) is 62.2 Å². The van der Waals surface area contributed by atoms with Gasteiger partial charge in [0.25, 0.3) is 0 Å². The van der Waals surface area contributed by atoms with Gasteiger partial charge in [-0.25, -0.2) is 9.78 Å². The first-order valence-corrected chi connectivity index (χ1v) is 21.7. The highest BCUT2D eigenvalue weighted by Gasteiger charge is 2.65. The van der Waals surface area contributed by atoms with Gasteiger partial charge in [-0.3, -0.25) is 14.2 Å². The predicted octanol–water partition coefficient (Wildman–Crippen LogP) is 7.33. The zero-order chi connectivity index (χ0) is 38.6. The van der Waals surface area contributed by atoms with E-state index in [4.69, 9.17) is 19.2 Å². The summed E-state index contributed by atoms with van der Waals surface area (Å²) >= 11 is 0. The van der Waals surface area contributed by atoms with Crippen LogP contribution >= 0.6 is 7.37 Å². The number of ether oxygens (including phenoxy) is 3. The zero-order valence-corrected chi connectivity index (χ0v) is 32.7. The number of nitrogens with one attached hydrogen (secondary N) is 2. The van der Waals surface area contributed by atoms with Gasteiger partial charge in [0.15, 0.2) is 0 Å². The average molecular weight is 773 g/mol. The van der Waals surface area contributed by atoms with Crippen LogP contribution in [0, 0.1) is 5.92 Å². The van der Waals surface area contributed by atoms with E-state index in [2.05, 4.69) is 10.6 Å². The fraction of sp³-hybridized carbons (Fsp3) is 0.524. The Bertz CT molecular complexity index is 1950. The Hall–Kier alpha value is -4.41. The molecule has 3 aromatic rings. The van der Waals surface area contributed by atoms with Crippen molar-refractivity contribution in [3.8, 4) is 22.8 Å². The number of rotatable bonds is 9. The van der Waals surface area contributed by atoms with Crippen LogP contribution in [-0.2, 0) is 18.9 Å². The van der Waals surface area contributed by atoms with E-state index in [9.17, 15) is 23.8 Å². The highest BCUT2D eigenvalue weighted by Crippen LogP contribution is 2.69. The van der Waals surface area contributed by atoms with Gasteiger partial charge >= 0.3 is 6.09 Å². The van der Waals surface area contributed by atoms with E-state index >= 15 is 0 Å². The largest absolute Gasteiger partial charge is 0.497 e. The highest BCUT2D eigenvalue weighted by molar-refractivity contribution is 7.60. The molecule has 3 heterocycles.